The van der Waals surface area contributed by atoms with Gasteiger partial charge in [0.15, 0.2) is 6.10 Å². The van der Waals surface area contributed by atoms with E-state index in [0.29, 0.717) is 16.9 Å². The Bertz CT molecular complexity index is 741. The fourth-order valence-electron chi connectivity index (χ4n) is 2.30. The molecule has 132 valence electrons. The van der Waals surface area contributed by atoms with E-state index in [9.17, 15) is 14.7 Å². The van der Waals surface area contributed by atoms with E-state index in [1.807, 2.05) is 6.07 Å². The average molecular weight is 342 g/mol. The molecule has 0 spiro atoms. The van der Waals surface area contributed by atoms with Gasteiger partial charge in [0.05, 0.1) is 7.11 Å². The van der Waals surface area contributed by atoms with Crippen molar-refractivity contribution >= 4 is 11.8 Å². The van der Waals surface area contributed by atoms with E-state index in [2.05, 4.69) is 5.32 Å². The molecular formula is C19H22N2O4. The van der Waals surface area contributed by atoms with Crippen LogP contribution in [0.4, 0.5) is 0 Å². The SMILES string of the molecule is COc1ccc([C@H](O)C(=O)NCc2cccc(C(=O)N(C)C)c2)cc1. The molecule has 6 nitrogen and oxygen atoms in total. The van der Waals surface area contributed by atoms with Crippen molar-refractivity contribution in [1.82, 2.24) is 10.2 Å². The van der Waals surface area contributed by atoms with Gasteiger partial charge in [-0.15, -0.1) is 0 Å². The number of carbonyl (C=O) groups is 2. The standard InChI is InChI=1S/C19H22N2O4/c1-21(2)19(24)15-6-4-5-13(11-15)12-20-18(23)17(22)14-7-9-16(25-3)10-8-14/h4-11,17,22H,12H2,1-3H3,(H,20,23)/t17-/m0/s1. The number of aliphatic hydroxyl groups is 1. The highest BCUT2D eigenvalue weighted by molar-refractivity contribution is 5.94. The zero-order chi connectivity index (χ0) is 18.4. The number of rotatable bonds is 6. The van der Waals surface area contributed by atoms with Crippen molar-refractivity contribution in [1.29, 1.82) is 0 Å². The highest BCUT2D eigenvalue weighted by Crippen LogP contribution is 2.18. The first kappa shape index (κ1) is 18.5. The third-order valence-corrected chi connectivity index (χ3v) is 3.73. The highest BCUT2D eigenvalue weighted by Gasteiger charge is 2.17. The van der Waals surface area contributed by atoms with Gasteiger partial charge in [0.25, 0.3) is 11.8 Å². The van der Waals surface area contributed by atoms with Crippen LogP contribution < -0.4 is 10.1 Å². The van der Waals surface area contributed by atoms with Crippen LogP contribution in [0.3, 0.4) is 0 Å². The van der Waals surface area contributed by atoms with Gasteiger partial charge in [-0.25, -0.2) is 0 Å². The minimum absolute atomic E-state index is 0.105. The van der Waals surface area contributed by atoms with Gasteiger partial charge < -0.3 is 20.1 Å². The van der Waals surface area contributed by atoms with Crippen LogP contribution in [-0.2, 0) is 11.3 Å². The fraction of sp³-hybridized carbons (Fsp3) is 0.263. The molecule has 0 aliphatic heterocycles. The second kappa shape index (κ2) is 8.30. The van der Waals surface area contributed by atoms with Crippen molar-refractivity contribution in [3.8, 4) is 5.75 Å². The van der Waals surface area contributed by atoms with Crippen molar-refractivity contribution in [2.45, 2.75) is 12.6 Å². The number of nitrogens with zero attached hydrogens (tertiary/aromatic N) is 1. The molecule has 0 saturated carbocycles. The molecule has 2 amide bonds. The van der Waals surface area contributed by atoms with E-state index >= 15 is 0 Å². The van der Waals surface area contributed by atoms with Crippen LogP contribution in [0.25, 0.3) is 0 Å². The quantitative estimate of drug-likeness (QED) is 0.838. The number of hydrogen-bond donors (Lipinski definition) is 2. The molecule has 0 aliphatic carbocycles. The molecule has 0 bridgehead atoms. The Morgan fingerprint density at radius 1 is 1.16 bits per heavy atom. The molecule has 0 aromatic heterocycles. The number of nitrogens with one attached hydrogen (secondary N) is 1. The molecule has 2 aromatic carbocycles. The molecule has 0 heterocycles. The molecule has 0 fully saturated rings. The lowest BCUT2D eigenvalue weighted by Gasteiger charge is -2.14. The van der Waals surface area contributed by atoms with Crippen molar-refractivity contribution in [3.63, 3.8) is 0 Å². The zero-order valence-corrected chi connectivity index (χ0v) is 14.5. The summed E-state index contributed by atoms with van der Waals surface area (Å²) in [6.45, 7) is 0.223. The molecule has 1 atom stereocenters. The Morgan fingerprint density at radius 3 is 2.44 bits per heavy atom. The molecular weight excluding hydrogens is 320 g/mol. The number of methoxy groups -OCH3 is 1. The predicted molar refractivity (Wildman–Crippen MR) is 94.3 cm³/mol. The topological polar surface area (TPSA) is 78.9 Å². The number of amides is 2. The lowest BCUT2D eigenvalue weighted by Crippen LogP contribution is -2.29. The summed E-state index contributed by atoms with van der Waals surface area (Å²) in [5.74, 6) is 0.0414. The van der Waals surface area contributed by atoms with Gasteiger partial charge in [0.1, 0.15) is 5.75 Å². The van der Waals surface area contributed by atoms with Crippen LogP contribution in [0, 0.1) is 0 Å². The first-order chi connectivity index (χ1) is 11.9. The largest absolute Gasteiger partial charge is 0.497 e. The molecule has 0 radical (unpaired) electrons. The van der Waals surface area contributed by atoms with Crippen LogP contribution in [0.15, 0.2) is 48.5 Å². The van der Waals surface area contributed by atoms with Crippen LogP contribution >= 0.6 is 0 Å². The van der Waals surface area contributed by atoms with E-state index in [0.717, 1.165) is 5.56 Å². The Balaban J connectivity index is 1.99. The summed E-state index contributed by atoms with van der Waals surface area (Å²) in [7, 11) is 4.91. The zero-order valence-electron chi connectivity index (χ0n) is 14.5. The summed E-state index contributed by atoms with van der Waals surface area (Å²) < 4.78 is 5.05. The summed E-state index contributed by atoms with van der Waals surface area (Å²) in [6, 6.07) is 13.7. The minimum atomic E-state index is -1.27. The van der Waals surface area contributed by atoms with Gasteiger partial charge in [-0.3, -0.25) is 9.59 Å². The van der Waals surface area contributed by atoms with Crippen molar-refractivity contribution < 1.29 is 19.4 Å². The van der Waals surface area contributed by atoms with E-state index in [-0.39, 0.29) is 12.5 Å². The molecule has 0 unspecified atom stereocenters. The first-order valence-electron chi connectivity index (χ1n) is 7.82. The molecule has 25 heavy (non-hydrogen) atoms. The lowest BCUT2D eigenvalue weighted by atomic mass is 10.1. The van der Waals surface area contributed by atoms with Crippen molar-refractivity contribution in [3.05, 3.63) is 65.2 Å². The van der Waals surface area contributed by atoms with E-state index in [1.54, 1.807) is 63.7 Å². The number of hydrogen-bond acceptors (Lipinski definition) is 4. The van der Waals surface area contributed by atoms with Crippen LogP contribution in [0.5, 0.6) is 5.75 Å². The smallest absolute Gasteiger partial charge is 0.253 e. The van der Waals surface area contributed by atoms with E-state index in [4.69, 9.17) is 4.74 Å². The second-order valence-electron chi connectivity index (χ2n) is 5.79. The summed E-state index contributed by atoms with van der Waals surface area (Å²) >= 11 is 0. The van der Waals surface area contributed by atoms with Crippen LogP contribution in [0.2, 0.25) is 0 Å². The van der Waals surface area contributed by atoms with E-state index in [1.165, 1.54) is 4.90 Å². The normalized spacial score (nSPS) is 11.5. The van der Waals surface area contributed by atoms with Gasteiger partial charge in [-0.1, -0.05) is 24.3 Å². The van der Waals surface area contributed by atoms with E-state index < -0.39 is 12.0 Å². The van der Waals surface area contributed by atoms with Crippen LogP contribution in [-0.4, -0.2) is 43.0 Å². The predicted octanol–water partition coefficient (Wildman–Crippen LogP) is 1.75. The van der Waals surface area contributed by atoms with Crippen molar-refractivity contribution in [2.75, 3.05) is 21.2 Å². The Kier molecular flexibility index (Phi) is 6.14. The van der Waals surface area contributed by atoms with Crippen LogP contribution in [0.1, 0.15) is 27.6 Å². The number of ether oxygens (including phenoxy) is 1. The maximum Gasteiger partial charge on any atom is 0.253 e. The number of benzene rings is 2. The second-order valence-corrected chi connectivity index (χ2v) is 5.79. The molecule has 2 aromatic rings. The number of carbonyl (C=O) groups excluding carboxylic acids is 2. The Labute approximate surface area is 147 Å². The Hall–Kier alpha value is -2.86. The summed E-state index contributed by atoms with van der Waals surface area (Å²) in [5, 5.41) is 12.8. The molecule has 6 heteroatoms. The van der Waals surface area contributed by atoms with Gasteiger partial charge >= 0.3 is 0 Å². The van der Waals surface area contributed by atoms with Crippen molar-refractivity contribution in [2.24, 2.45) is 0 Å². The summed E-state index contributed by atoms with van der Waals surface area (Å²) in [5.41, 5.74) is 1.81. The van der Waals surface area contributed by atoms with Gasteiger partial charge in [0.2, 0.25) is 0 Å². The monoisotopic (exact) mass is 342 g/mol. The average Bonchev–Trinajstić information content (AvgIpc) is 2.65. The first-order valence-corrected chi connectivity index (χ1v) is 7.82. The lowest BCUT2D eigenvalue weighted by molar-refractivity contribution is -0.129. The number of aliphatic hydroxyl groups excluding tert-OH is 1. The van der Waals surface area contributed by atoms with Gasteiger partial charge in [0, 0.05) is 26.2 Å². The summed E-state index contributed by atoms with van der Waals surface area (Å²) in [4.78, 5) is 25.6. The summed E-state index contributed by atoms with van der Waals surface area (Å²) in [6.07, 6.45) is -1.27. The maximum atomic E-state index is 12.1. The minimum Gasteiger partial charge on any atom is -0.497 e. The van der Waals surface area contributed by atoms with Gasteiger partial charge in [-0.05, 0) is 35.4 Å². The molecule has 0 saturated heterocycles. The third kappa shape index (κ3) is 4.81. The third-order valence-electron chi connectivity index (χ3n) is 3.73. The maximum absolute atomic E-state index is 12.1. The molecule has 2 N–H and O–H groups in total. The van der Waals surface area contributed by atoms with Gasteiger partial charge in [-0.2, -0.15) is 0 Å². The highest BCUT2D eigenvalue weighted by atomic mass is 16.5. The molecule has 0 aliphatic rings. The molecule has 2 rings (SSSR count). The Morgan fingerprint density at radius 2 is 1.84 bits per heavy atom. The fourth-order valence-corrected chi connectivity index (χ4v) is 2.30.